The average molecular weight is 310 g/mol. The van der Waals surface area contributed by atoms with Crippen LogP contribution < -0.4 is 10.6 Å². The fourth-order valence-electron chi connectivity index (χ4n) is 1.98. The zero-order chi connectivity index (χ0) is 16.4. The molecular weight excluding hydrogens is 284 g/mol. The van der Waals surface area contributed by atoms with Crippen molar-refractivity contribution in [1.29, 1.82) is 0 Å². The second-order valence-corrected chi connectivity index (χ2v) is 8.00. The molecule has 0 spiro atoms. The van der Waals surface area contributed by atoms with E-state index in [2.05, 4.69) is 30.5 Å². The van der Waals surface area contributed by atoms with E-state index in [1.807, 2.05) is 27.7 Å². The second kappa shape index (κ2) is 6.60. The van der Waals surface area contributed by atoms with Crippen molar-refractivity contribution in [3.63, 3.8) is 0 Å². The van der Waals surface area contributed by atoms with Gasteiger partial charge in [0.25, 0.3) is 0 Å². The van der Waals surface area contributed by atoms with Crippen LogP contribution in [0.5, 0.6) is 0 Å². The molecular formula is C16H26N2O2S. The van der Waals surface area contributed by atoms with Crippen molar-refractivity contribution < 1.29 is 9.59 Å². The van der Waals surface area contributed by atoms with Gasteiger partial charge in [-0.2, -0.15) is 0 Å². The van der Waals surface area contributed by atoms with Gasteiger partial charge in [0.05, 0.1) is 6.04 Å². The molecule has 0 aliphatic heterocycles. The Morgan fingerprint density at radius 3 is 2.14 bits per heavy atom. The molecule has 4 nitrogen and oxygen atoms in total. The summed E-state index contributed by atoms with van der Waals surface area (Å²) in [6.07, 6.45) is 0. The van der Waals surface area contributed by atoms with Crippen LogP contribution in [0.2, 0.25) is 0 Å². The molecule has 1 heterocycles. The van der Waals surface area contributed by atoms with Gasteiger partial charge in [0.2, 0.25) is 11.8 Å². The number of hydrogen-bond donors (Lipinski definition) is 2. The third-order valence-electron chi connectivity index (χ3n) is 3.33. The second-order valence-electron chi connectivity index (χ2n) is 6.54. The van der Waals surface area contributed by atoms with Gasteiger partial charge in [-0.05, 0) is 39.3 Å². The summed E-state index contributed by atoms with van der Waals surface area (Å²) >= 11 is 1.73. The van der Waals surface area contributed by atoms with Crippen molar-refractivity contribution in [2.24, 2.45) is 5.41 Å². The van der Waals surface area contributed by atoms with Crippen LogP contribution in [-0.2, 0) is 9.59 Å². The summed E-state index contributed by atoms with van der Waals surface area (Å²) in [4.78, 5) is 26.5. The van der Waals surface area contributed by atoms with E-state index in [0.29, 0.717) is 0 Å². The third-order valence-corrected chi connectivity index (χ3v) is 4.31. The van der Waals surface area contributed by atoms with E-state index in [0.717, 1.165) is 5.56 Å². The summed E-state index contributed by atoms with van der Waals surface area (Å²) in [5.41, 5.74) is 0.640. The van der Waals surface area contributed by atoms with Crippen molar-refractivity contribution in [1.82, 2.24) is 10.6 Å². The van der Waals surface area contributed by atoms with Crippen molar-refractivity contribution in [2.75, 3.05) is 0 Å². The van der Waals surface area contributed by atoms with Crippen LogP contribution in [0.1, 0.15) is 56.0 Å². The van der Waals surface area contributed by atoms with E-state index >= 15 is 0 Å². The molecule has 0 bridgehead atoms. The monoisotopic (exact) mass is 310 g/mol. The first kappa shape index (κ1) is 17.7. The summed E-state index contributed by atoms with van der Waals surface area (Å²) in [5.74, 6) is -0.288. The van der Waals surface area contributed by atoms with Crippen LogP contribution in [0.3, 0.4) is 0 Å². The zero-order valence-corrected chi connectivity index (χ0v) is 14.8. The fraction of sp³-hybridized carbons (Fsp3) is 0.625. The van der Waals surface area contributed by atoms with Crippen molar-refractivity contribution in [2.45, 2.75) is 60.5 Å². The summed E-state index contributed by atoms with van der Waals surface area (Å²) in [7, 11) is 0. The molecule has 5 heteroatoms. The normalized spacial score (nSPS) is 14.4. The molecule has 1 rings (SSSR count). The molecule has 0 saturated heterocycles. The zero-order valence-electron chi connectivity index (χ0n) is 14.0. The quantitative estimate of drug-likeness (QED) is 0.898. The molecule has 1 aromatic heterocycles. The number of carbonyl (C=O) groups is 2. The van der Waals surface area contributed by atoms with Crippen molar-refractivity contribution in [3.05, 3.63) is 21.4 Å². The molecule has 0 unspecified atom stereocenters. The number of carbonyl (C=O) groups excluding carboxylic acids is 2. The van der Waals surface area contributed by atoms with E-state index < -0.39 is 11.5 Å². The van der Waals surface area contributed by atoms with Gasteiger partial charge in [-0.1, -0.05) is 20.8 Å². The summed E-state index contributed by atoms with van der Waals surface area (Å²) in [6, 6.07) is 1.50. The number of thiophene rings is 1. The van der Waals surface area contributed by atoms with Crippen LogP contribution in [0.25, 0.3) is 0 Å². The van der Waals surface area contributed by atoms with Crippen LogP contribution in [0, 0.1) is 19.3 Å². The van der Waals surface area contributed by atoms with Crippen molar-refractivity contribution in [3.8, 4) is 0 Å². The predicted molar refractivity (Wildman–Crippen MR) is 87.4 cm³/mol. The maximum atomic E-state index is 12.2. The maximum absolute atomic E-state index is 12.2. The van der Waals surface area contributed by atoms with E-state index in [-0.39, 0.29) is 17.9 Å². The predicted octanol–water partition coefficient (Wildman–Crippen LogP) is 3.09. The minimum atomic E-state index is -0.542. The third kappa shape index (κ3) is 4.84. The highest BCUT2D eigenvalue weighted by atomic mass is 32.1. The van der Waals surface area contributed by atoms with Gasteiger partial charge in [-0.3, -0.25) is 9.59 Å². The van der Waals surface area contributed by atoms with Crippen molar-refractivity contribution >= 4 is 23.2 Å². The Labute approximate surface area is 131 Å². The maximum Gasteiger partial charge on any atom is 0.242 e. The topological polar surface area (TPSA) is 58.2 Å². The van der Waals surface area contributed by atoms with E-state index in [1.54, 1.807) is 18.3 Å². The Morgan fingerprint density at radius 1 is 1.14 bits per heavy atom. The highest BCUT2D eigenvalue weighted by molar-refractivity contribution is 7.12. The van der Waals surface area contributed by atoms with Gasteiger partial charge in [0.15, 0.2) is 0 Å². The average Bonchev–Trinajstić information content (AvgIpc) is 2.66. The van der Waals surface area contributed by atoms with Gasteiger partial charge >= 0.3 is 0 Å². The molecule has 0 aliphatic rings. The summed E-state index contributed by atoms with van der Waals surface area (Å²) < 4.78 is 0. The number of rotatable bonds is 4. The standard InChI is InChI=1S/C16H26N2O2S/c1-9-8-13(12(4)21-9)10(2)17-14(19)11(3)18-15(20)16(5,6)7/h8,10-11H,1-7H3,(H,17,19)(H,18,20)/t10-,11-/m0/s1. The molecule has 2 amide bonds. The molecule has 2 atom stereocenters. The first-order chi connectivity index (χ1) is 9.52. The molecule has 2 N–H and O–H groups in total. The lowest BCUT2D eigenvalue weighted by Crippen LogP contribution is -2.48. The Morgan fingerprint density at radius 2 is 1.71 bits per heavy atom. The highest BCUT2D eigenvalue weighted by Crippen LogP contribution is 2.26. The lowest BCUT2D eigenvalue weighted by Gasteiger charge is -2.23. The van der Waals surface area contributed by atoms with Crippen LogP contribution in [0.4, 0.5) is 0 Å². The highest BCUT2D eigenvalue weighted by Gasteiger charge is 2.26. The minimum Gasteiger partial charge on any atom is -0.348 e. The summed E-state index contributed by atoms with van der Waals surface area (Å²) in [6.45, 7) is 13.3. The molecule has 1 aromatic rings. The summed E-state index contributed by atoms with van der Waals surface area (Å²) in [5, 5.41) is 5.71. The fourth-order valence-corrected chi connectivity index (χ4v) is 3.00. The van der Waals surface area contributed by atoms with E-state index in [9.17, 15) is 9.59 Å². The van der Waals surface area contributed by atoms with Gasteiger partial charge in [-0.15, -0.1) is 11.3 Å². The Bertz CT molecular complexity index is 529. The minimum absolute atomic E-state index is 0.0589. The molecule has 118 valence electrons. The lowest BCUT2D eigenvalue weighted by molar-refractivity contribution is -0.133. The van der Waals surface area contributed by atoms with E-state index in [4.69, 9.17) is 0 Å². The van der Waals surface area contributed by atoms with Gasteiger partial charge in [-0.25, -0.2) is 0 Å². The first-order valence-corrected chi connectivity index (χ1v) is 8.02. The Balaban J connectivity index is 2.64. The number of amides is 2. The Hall–Kier alpha value is -1.36. The molecule has 0 aromatic carbocycles. The number of hydrogen-bond acceptors (Lipinski definition) is 3. The lowest BCUT2D eigenvalue weighted by atomic mass is 9.95. The van der Waals surface area contributed by atoms with E-state index in [1.165, 1.54) is 9.75 Å². The Kier molecular flexibility index (Phi) is 5.56. The molecule has 0 aliphatic carbocycles. The largest absolute Gasteiger partial charge is 0.348 e. The first-order valence-electron chi connectivity index (χ1n) is 7.20. The smallest absolute Gasteiger partial charge is 0.242 e. The molecule has 0 saturated carbocycles. The van der Waals surface area contributed by atoms with Gasteiger partial charge < -0.3 is 10.6 Å². The van der Waals surface area contributed by atoms with Crippen LogP contribution >= 0.6 is 11.3 Å². The number of nitrogens with one attached hydrogen (secondary N) is 2. The van der Waals surface area contributed by atoms with Crippen LogP contribution in [0.15, 0.2) is 6.07 Å². The van der Waals surface area contributed by atoms with Gasteiger partial charge in [0, 0.05) is 15.2 Å². The van der Waals surface area contributed by atoms with Gasteiger partial charge in [0.1, 0.15) is 6.04 Å². The molecule has 21 heavy (non-hydrogen) atoms. The number of aryl methyl sites for hydroxylation is 2. The van der Waals surface area contributed by atoms with Crippen LogP contribution in [-0.4, -0.2) is 17.9 Å². The molecule has 0 fully saturated rings. The SMILES string of the molecule is Cc1cc([C@H](C)NC(=O)[C@H](C)NC(=O)C(C)(C)C)c(C)s1. The molecule has 0 radical (unpaired) electrons.